The van der Waals surface area contributed by atoms with Gasteiger partial charge in [0.05, 0.1) is 17.9 Å². The molecule has 0 radical (unpaired) electrons. The lowest BCUT2D eigenvalue weighted by atomic mass is 9.92. The SMILES string of the molecule is CCCCN(CC(=O)Nc1cc(C(C)(C)C)nn1-c1ccc(C)cc1)C(=O)CCc1ccccc1. The lowest BCUT2D eigenvalue weighted by Crippen LogP contribution is -2.39. The second kappa shape index (κ2) is 11.8. The van der Waals surface area contributed by atoms with Crippen LogP contribution in [0.2, 0.25) is 0 Å². The molecule has 186 valence electrons. The molecule has 35 heavy (non-hydrogen) atoms. The van der Waals surface area contributed by atoms with E-state index in [2.05, 4.69) is 33.0 Å². The lowest BCUT2D eigenvalue weighted by Gasteiger charge is -2.22. The fourth-order valence-electron chi connectivity index (χ4n) is 3.77. The van der Waals surface area contributed by atoms with Crippen molar-refractivity contribution in [3.63, 3.8) is 0 Å². The number of nitrogens with one attached hydrogen (secondary N) is 1. The molecule has 0 saturated heterocycles. The van der Waals surface area contributed by atoms with E-state index in [9.17, 15) is 9.59 Å². The van der Waals surface area contributed by atoms with Crippen molar-refractivity contribution in [2.75, 3.05) is 18.4 Å². The van der Waals surface area contributed by atoms with Gasteiger partial charge in [-0.15, -0.1) is 0 Å². The van der Waals surface area contributed by atoms with E-state index < -0.39 is 0 Å². The zero-order chi connectivity index (χ0) is 25.4. The van der Waals surface area contributed by atoms with Crippen molar-refractivity contribution in [1.29, 1.82) is 0 Å². The summed E-state index contributed by atoms with van der Waals surface area (Å²) in [5, 5.41) is 7.80. The van der Waals surface area contributed by atoms with Crippen molar-refractivity contribution < 1.29 is 9.59 Å². The summed E-state index contributed by atoms with van der Waals surface area (Å²) in [4.78, 5) is 27.8. The summed E-state index contributed by atoms with van der Waals surface area (Å²) in [5.74, 6) is 0.388. The molecule has 3 rings (SSSR count). The second-order valence-electron chi connectivity index (χ2n) is 10.1. The van der Waals surface area contributed by atoms with Gasteiger partial charge < -0.3 is 10.2 Å². The Bertz CT molecular complexity index is 1110. The maximum absolute atomic E-state index is 13.1. The minimum absolute atomic E-state index is 0.000115. The van der Waals surface area contributed by atoms with E-state index in [-0.39, 0.29) is 23.8 Å². The van der Waals surface area contributed by atoms with Crippen molar-refractivity contribution in [3.8, 4) is 5.69 Å². The Kier molecular flexibility index (Phi) is 8.85. The van der Waals surface area contributed by atoms with E-state index in [1.54, 1.807) is 9.58 Å². The Balaban J connectivity index is 1.75. The third kappa shape index (κ3) is 7.54. The van der Waals surface area contributed by atoms with Crippen LogP contribution in [0.4, 0.5) is 5.82 Å². The monoisotopic (exact) mass is 474 g/mol. The van der Waals surface area contributed by atoms with E-state index in [0.29, 0.717) is 25.2 Å². The molecule has 0 fully saturated rings. The number of amides is 2. The number of benzene rings is 2. The van der Waals surface area contributed by atoms with Gasteiger partial charge in [-0.3, -0.25) is 9.59 Å². The predicted molar refractivity (Wildman–Crippen MR) is 142 cm³/mol. The average Bonchev–Trinajstić information content (AvgIpc) is 3.25. The van der Waals surface area contributed by atoms with Gasteiger partial charge in [0.25, 0.3) is 0 Å². The highest BCUT2D eigenvalue weighted by Gasteiger charge is 2.23. The molecule has 2 aromatic carbocycles. The molecule has 1 heterocycles. The zero-order valence-electron chi connectivity index (χ0n) is 21.7. The summed E-state index contributed by atoms with van der Waals surface area (Å²) in [5.41, 5.74) is 3.87. The number of nitrogens with zero attached hydrogens (tertiary/aromatic N) is 3. The Labute approximate surface area is 209 Å². The topological polar surface area (TPSA) is 67.2 Å². The molecule has 2 amide bonds. The van der Waals surface area contributed by atoms with Gasteiger partial charge in [-0.2, -0.15) is 5.10 Å². The van der Waals surface area contributed by atoms with Crippen LogP contribution >= 0.6 is 0 Å². The summed E-state index contributed by atoms with van der Waals surface area (Å²) in [6.45, 7) is 11.0. The number of carbonyl (C=O) groups excluding carboxylic acids is 2. The number of hydrogen-bond acceptors (Lipinski definition) is 3. The second-order valence-corrected chi connectivity index (χ2v) is 10.1. The van der Waals surface area contributed by atoms with Crippen molar-refractivity contribution >= 4 is 17.6 Å². The van der Waals surface area contributed by atoms with Crippen molar-refractivity contribution in [1.82, 2.24) is 14.7 Å². The van der Waals surface area contributed by atoms with Crippen LogP contribution in [-0.2, 0) is 21.4 Å². The maximum atomic E-state index is 13.1. The first-order valence-electron chi connectivity index (χ1n) is 12.5. The van der Waals surface area contributed by atoms with Gasteiger partial charge in [0.15, 0.2) is 0 Å². The Hall–Kier alpha value is -3.41. The van der Waals surface area contributed by atoms with E-state index in [1.807, 2.05) is 67.6 Å². The number of unbranched alkanes of at least 4 members (excludes halogenated alkanes) is 1. The normalized spacial score (nSPS) is 11.3. The first-order valence-corrected chi connectivity index (χ1v) is 12.5. The number of aryl methyl sites for hydroxylation is 2. The Morgan fingerprint density at radius 2 is 1.71 bits per heavy atom. The van der Waals surface area contributed by atoms with Gasteiger partial charge in [-0.05, 0) is 37.5 Å². The molecule has 1 aromatic heterocycles. The number of anilines is 1. The van der Waals surface area contributed by atoms with Crippen LogP contribution in [0, 0.1) is 6.92 Å². The third-order valence-electron chi connectivity index (χ3n) is 5.96. The van der Waals surface area contributed by atoms with E-state index in [4.69, 9.17) is 5.10 Å². The smallest absolute Gasteiger partial charge is 0.245 e. The molecule has 0 spiro atoms. The Morgan fingerprint density at radius 3 is 2.34 bits per heavy atom. The molecule has 0 unspecified atom stereocenters. The first kappa shape index (κ1) is 26.2. The van der Waals surface area contributed by atoms with Crippen LogP contribution in [-0.4, -0.2) is 39.6 Å². The van der Waals surface area contributed by atoms with Gasteiger partial charge in [0, 0.05) is 24.4 Å². The van der Waals surface area contributed by atoms with Gasteiger partial charge in [-0.25, -0.2) is 4.68 Å². The van der Waals surface area contributed by atoms with Crippen LogP contribution in [0.1, 0.15) is 63.8 Å². The van der Waals surface area contributed by atoms with Crippen LogP contribution in [0.25, 0.3) is 5.69 Å². The van der Waals surface area contributed by atoms with Crippen molar-refractivity contribution in [2.45, 2.75) is 65.7 Å². The summed E-state index contributed by atoms with van der Waals surface area (Å²) in [6.07, 6.45) is 2.87. The quantitative estimate of drug-likeness (QED) is 0.411. The van der Waals surface area contributed by atoms with E-state index in [1.165, 1.54) is 0 Å². The molecule has 6 heteroatoms. The minimum Gasteiger partial charge on any atom is -0.333 e. The fourth-order valence-corrected chi connectivity index (χ4v) is 3.77. The predicted octanol–water partition coefficient (Wildman–Crippen LogP) is 5.68. The molecular weight excluding hydrogens is 436 g/mol. The highest BCUT2D eigenvalue weighted by atomic mass is 16.2. The first-order chi connectivity index (χ1) is 16.7. The number of hydrogen-bond donors (Lipinski definition) is 1. The highest BCUT2D eigenvalue weighted by Crippen LogP contribution is 2.26. The summed E-state index contributed by atoms with van der Waals surface area (Å²) in [6, 6.07) is 19.9. The maximum Gasteiger partial charge on any atom is 0.245 e. The molecule has 6 nitrogen and oxygen atoms in total. The average molecular weight is 475 g/mol. The molecular formula is C29H38N4O2. The minimum atomic E-state index is -0.220. The molecule has 0 bridgehead atoms. The summed E-state index contributed by atoms with van der Waals surface area (Å²) >= 11 is 0. The van der Waals surface area contributed by atoms with Gasteiger partial charge in [-0.1, -0.05) is 82.1 Å². The third-order valence-corrected chi connectivity index (χ3v) is 5.96. The van der Waals surface area contributed by atoms with Crippen molar-refractivity contribution in [3.05, 3.63) is 77.5 Å². The highest BCUT2D eigenvalue weighted by molar-refractivity contribution is 5.94. The summed E-state index contributed by atoms with van der Waals surface area (Å²) in [7, 11) is 0. The van der Waals surface area contributed by atoms with Crippen molar-refractivity contribution in [2.24, 2.45) is 0 Å². The molecule has 0 aliphatic heterocycles. The van der Waals surface area contributed by atoms with E-state index in [0.717, 1.165) is 35.3 Å². The standard InChI is InChI=1S/C29H38N4O2/c1-6-7-19-32(28(35)18-15-23-11-9-8-10-12-23)21-27(34)30-26-20-25(29(3,4)5)31-33(26)24-16-13-22(2)14-17-24/h8-14,16-17,20H,6-7,15,18-19,21H2,1-5H3,(H,30,34). The van der Waals surface area contributed by atoms with Gasteiger partial charge in [0.1, 0.15) is 5.82 Å². The van der Waals surface area contributed by atoms with Gasteiger partial charge in [0.2, 0.25) is 11.8 Å². The van der Waals surface area contributed by atoms with Crippen LogP contribution in [0.5, 0.6) is 0 Å². The zero-order valence-corrected chi connectivity index (χ0v) is 21.7. The molecule has 0 aliphatic rings. The van der Waals surface area contributed by atoms with Crippen LogP contribution < -0.4 is 5.32 Å². The molecule has 3 aromatic rings. The summed E-state index contributed by atoms with van der Waals surface area (Å²) < 4.78 is 1.77. The molecule has 1 N–H and O–H groups in total. The number of rotatable bonds is 10. The number of aromatic nitrogens is 2. The van der Waals surface area contributed by atoms with Crippen LogP contribution in [0.15, 0.2) is 60.7 Å². The van der Waals surface area contributed by atoms with Crippen LogP contribution in [0.3, 0.4) is 0 Å². The molecule has 0 saturated carbocycles. The van der Waals surface area contributed by atoms with Gasteiger partial charge >= 0.3 is 0 Å². The largest absolute Gasteiger partial charge is 0.333 e. The molecule has 0 atom stereocenters. The number of carbonyl (C=O) groups is 2. The fraction of sp³-hybridized carbons (Fsp3) is 0.414. The Morgan fingerprint density at radius 1 is 1.03 bits per heavy atom. The molecule has 0 aliphatic carbocycles. The van der Waals surface area contributed by atoms with E-state index >= 15 is 0 Å². The lowest BCUT2D eigenvalue weighted by molar-refractivity contribution is -0.134.